The summed E-state index contributed by atoms with van der Waals surface area (Å²) in [6, 6.07) is 31.5. The van der Waals surface area contributed by atoms with Gasteiger partial charge in [0.15, 0.2) is 19.3 Å². The Balaban J connectivity index is 1.28. The zero-order chi connectivity index (χ0) is 29.2. The molecule has 0 unspecified atom stereocenters. The first-order chi connectivity index (χ1) is 21.0. The van der Waals surface area contributed by atoms with Gasteiger partial charge in [0, 0.05) is 56.9 Å². The van der Waals surface area contributed by atoms with E-state index in [2.05, 4.69) is 145 Å². The molecule has 43 heavy (non-hydrogen) atoms. The lowest BCUT2D eigenvalue weighted by Gasteiger charge is -2.27. The first kappa shape index (κ1) is 25.9. The van der Waals surface area contributed by atoms with Crippen LogP contribution in [0.15, 0.2) is 91.1 Å². The third-order valence-corrected chi connectivity index (χ3v) is 9.87. The van der Waals surface area contributed by atoms with E-state index in [1.165, 1.54) is 83.3 Å². The van der Waals surface area contributed by atoms with E-state index < -0.39 is 0 Å². The average molecular weight is 560 g/mol. The Morgan fingerprint density at radius 1 is 0.674 bits per heavy atom. The van der Waals surface area contributed by atoms with Crippen molar-refractivity contribution < 1.29 is 9.13 Å². The van der Waals surface area contributed by atoms with Crippen molar-refractivity contribution in [2.45, 2.75) is 39.8 Å². The summed E-state index contributed by atoms with van der Waals surface area (Å²) in [7, 11) is 4.18. The van der Waals surface area contributed by atoms with Gasteiger partial charge < -0.3 is 4.90 Å². The standard InChI is InChI=1S/C40H37N3/c1-26-27(2)35-19-22-42-21-18-29-8-5-6-10-36(29)40(42)39(35)38-34(26)20-23-43-32(9-7-11-37(38)43)16-13-28-12-14-31-25-33(41(3)4)17-15-30(31)24-28/h5-18,21,24-25H,19-20,22-23H2,1-4H3/q+2. The van der Waals surface area contributed by atoms with Crippen LogP contribution in [0.2, 0.25) is 0 Å². The highest BCUT2D eigenvalue weighted by molar-refractivity contribution is 5.99. The van der Waals surface area contributed by atoms with Crippen LogP contribution >= 0.6 is 0 Å². The minimum Gasteiger partial charge on any atom is -0.378 e. The summed E-state index contributed by atoms with van der Waals surface area (Å²) in [5.74, 6) is 0. The predicted molar refractivity (Wildman–Crippen MR) is 179 cm³/mol. The summed E-state index contributed by atoms with van der Waals surface area (Å²) in [6.07, 6.45) is 8.99. The molecule has 2 aliphatic heterocycles. The summed E-state index contributed by atoms with van der Waals surface area (Å²) in [4.78, 5) is 2.15. The first-order valence-electron chi connectivity index (χ1n) is 15.5. The number of benzene rings is 4. The molecule has 0 N–H and O–H groups in total. The molecule has 3 heteroatoms. The third-order valence-electron chi connectivity index (χ3n) is 9.87. The average Bonchev–Trinajstić information content (AvgIpc) is 3.04. The van der Waals surface area contributed by atoms with Crippen LogP contribution in [0, 0.1) is 13.8 Å². The number of nitrogens with zero attached hydrogens (tertiary/aromatic N) is 3. The van der Waals surface area contributed by atoms with Crippen molar-refractivity contribution in [3.8, 4) is 22.5 Å². The van der Waals surface area contributed by atoms with Gasteiger partial charge in [-0.05, 0) is 94.2 Å². The number of fused-ring (bicyclic) bond motifs is 10. The van der Waals surface area contributed by atoms with Crippen LogP contribution in [0.25, 0.3) is 56.2 Å². The fourth-order valence-electron chi connectivity index (χ4n) is 7.46. The lowest BCUT2D eigenvalue weighted by molar-refractivity contribution is -0.690. The molecule has 3 nitrogen and oxygen atoms in total. The topological polar surface area (TPSA) is 11.0 Å². The maximum atomic E-state index is 2.54. The molecule has 0 atom stereocenters. The Bertz CT molecular complexity index is 2130. The molecule has 0 bridgehead atoms. The zero-order valence-electron chi connectivity index (χ0n) is 25.5. The summed E-state index contributed by atoms with van der Waals surface area (Å²) in [6.45, 7) is 6.71. The highest BCUT2D eigenvalue weighted by atomic mass is 15.1. The summed E-state index contributed by atoms with van der Waals surface area (Å²) < 4.78 is 5.03. The van der Waals surface area contributed by atoms with Gasteiger partial charge in [0.2, 0.25) is 17.1 Å². The molecule has 0 amide bonds. The number of hydrogen-bond acceptors (Lipinski definition) is 1. The maximum absolute atomic E-state index is 2.54. The molecular weight excluding hydrogens is 522 g/mol. The normalized spacial score (nSPS) is 13.6. The molecule has 2 aromatic heterocycles. The molecule has 4 aromatic carbocycles. The molecule has 0 saturated heterocycles. The number of hydrogen-bond donors (Lipinski definition) is 0. The third kappa shape index (κ3) is 4.10. The SMILES string of the molecule is Cc1c(C)c2c(c3c1CC[n+]1ccc4ccccc4c1-3)-c1cccc(C=Cc3ccc4cc(N(C)C)ccc4c3)[n+]1CC2. The molecule has 0 spiro atoms. The van der Waals surface area contributed by atoms with Gasteiger partial charge in [-0.3, -0.25) is 0 Å². The molecule has 4 heterocycles. The lowest BCUT2D eigenvalue weighted by Crippen LogP contribution is -2.45. The minimum atomic E-state index is 0.989. The summed E-state index contributed by atoms with van der Waals surface area (Å²) >= 11 is 0. The van der Waals surface area contributed by atoms with Crippen molar-refractivity contribution in [3.63, 3.8) is 0 Å². The van der Waals surface area contributed by atoms with Crippen LogP contribution in [-0.2, 0) is 25.9 Å². The highest BCUT2D eigenvalue weighted by Crippen LogP contribution is 2.44. The Hall–Kier alpha value is -4.76. The number of rotatable bonds is 3. The molecule has 2 aliphatic rings. The van der Waals surface area contributed by atoms with Crippen LogP contribution in [0.5, 0.6) is 0 Å². The van der Waals surface area contributed by atoms with Gasteiger partial charge in [-0.15, -0.1) is 0 Å². The second-order valence-corrected chi connectivity index (χ2v) is 12.4. The van der Waals surface area contributed by atoms with Gasteiger partial charge in [-0.1, -0.05) is 36.4 Å². The van der Waals surface area contributed by atoms with Crippen molar-refractivity contribution in [2.75, 3.05) is 19.0 Å². The first-order valence-corrected chi connectivity index (χ1v) is 15.5. The summed E-state index contributed by atoms with van der Waals surface area (Å²) in [5.41, 5.74) is 15.3. The van der Waals surface area contributed by atoms with Gasteiger partial charge in [0.1, 0.15) is 0 Å². The molecular formula is C40H37N3+2. The number of aromatic nitrogens is 2. The number of anilines is 1. The van der Waals surface area contributed by atoms with Crippen molar-refractivity contribution in [1.82, 2.24) is 0 Å². The molecule has 0 aliphatic carbocycles. The van der Waals surface area contributed by atoms with Crippen LogP contribution in [0.3, 0.4) is 0 Å². The van der Waals surface area contributed by atoms with Crippen LogP contribution in [0.4, 0.5) is 5.69 Å². The second kappa shape index (κ2) is 9.91. The Morgan fingerprint density at radius 2 is 1.44 bits per heavy atom. The monoisotopic (exact) mass is 559 g/mol. The Morgan fingerprint density at radius 3 is 2.30 bits per heavy atom. The smallest absolute Gasteiger partial charge is 0.221 e. The van der Waals surface area contributed by atoms with Gasteiger partial charge in [0.05, 0.1) is 16.5 Å². The highest BCUT2D eigenvalue weighted by Gasteiger charge is 2.37. The lowest BCUT2D eigenvalue weighted by atomic mass is 9.79. The Kier molecular flexibility index (Phi) is 5.97. The van der Waals surface area contributed by atoms with E-state index in [-0.39, 0.29) is 0 Å². The minimum absolute atomic E-state index is 0.989. The van der Waals surface area contributed by atoms with Gasteiger partial charge >= 0.3 is 0 Å². The van der Waals surface area contributed by atoms with Gasteiger partial charge in [-0.2, -0.15) is 9.13 Å². The molecule has 0 radical (unpaired) electrons. The fourth-order valence-corrected chi connectivity index (χ4v) is 7.46. The van der Waals surface area contributed by atoms with Crippen molar-refractivity contribution in [1.29, 1.82) is 0 Å². The van der Waals surface area contributed by atoms with E-state index in [1.807, 2.05) is 0 Å². The maximum Gasteiger partial charge on any atom is 0.221 e. The van der Waals surface area contributed by atoms with Crippen molar-refractivity contribution >= 4 is 39.4 Å². The van der Waals surface area contributed by atoms with E-state index in [4.69, 9.17) is 0 Å². The van der Waals surface area contributed by atoms with E-state index in [9.17, 15) is 0 Å². The molecule has 0 saturated carbocycles. The number of pyridine rings is 2. The van der Waals surface area contributed by atoms with Crippen LogP contribution < -0.4 is 14.0 Å². The van der Waals surface area contributed by atoms with Crippen molar-refractivity contribution in [3.05, 3.63) is 125 Å². The molecule has 0 fully saturated rings. The van der Waals surface area contributed by atoms with Crippen LogP contribution in [0.1, 0.15) is 33.5 Å². The number of aryl methyl sites for hydroxylation is 1. The van der Waals surface area contributed by atoms with E-state index in [0.717, 1.165) is 25.9 Å². The second-order valence-electron chi connectivity index (χ2n) is 12.4. The Labute approximate surface area is 254 Å². The van der Waals surface area contributed by atoms with Gasteiger partial charge in [-0.25, -0.2) is 0 Å². The van der Waals surface area contributed by atoms with E-state index in [1.54, 1.807) is 0 Å². The van der Waals surface area contributed by atoms with Crippen LogP contribution in [-0.4, -0.2) is 14.1 Å². The zero-order valence-corrected chi connectivity index (χ0v) is 25.5. The van der Waals surface area contributed by atoms with Crippen molar-refractivity contribution in [2.24, 2.45) is 0 Å². The van der Waals surface area contributed by atoms with E-state index >= 15 is 0 Å². The largest absolute Gasteiger partial charge is 0.378 e. The quantitative estimate of drug-likeness (QED) is 0.201. The van der Waals surface area contributed by atoms with E-state index in [0.29, 0.717) is 0 Å². The summed E-state index contributed by atoms with van der Waals surface area (Å²) in [5, 5.41) is 5.19. The molecule has 6 aromatic rings. The molecule has 210 valence electrons. The fraction of sp³-hybridized carbons (Fsp3) is 0.200. The van der Waals surface area contributed by atoms with Gasteiger partial charge in [0.25, 0.3) is 0 Å². The molecule has 8 rings (SSSR count). The predicted octanol–water partition coefficient (Wildman–Crippen LogP) is 7.87.